The van der Waals surface area contributed by atoms with Gasteiger partial charge >= 0.3 is 0 Å². The van der Waals surface area contributed by atoms with Crippen LogP contribution in [0.4, 0.5) is 0 Å². The normalized spacial score (nSPS) is 13.2. The summed E-state index contributed by atoms with van der Waals surface area (Å²) in [7, 11) is -2.01. The van der Waals surface area contributed by atoms with E-state index >= 15 is 0 Å². The maximum absolute atomic E-state index is 5.36. The molecule has 0 amide bonds. The zero-order valence-corrected chi connectivity index (χ0v) is 30.5. The maximum Gasteiger partial charge on any atom is 0.160 e. The average Bonchev–Trinajstić information content (AvgIpc) is 3.80. The van der Waals surface area contributed by atoms with Crippen molar-refractivity contribution >= 4 is 62.1 Å². The van der Waals surface area contributed by atoms with Crippen LogP contribution in [-0.4, -0.2) is 27.2 Å². The van der Waals surface area contributed by atoms with Crippen LogP contribution in [0.3, 0.4) is 0 Å². The van der Waals surface area contributed by atoms with Gasteiger partial charge in [-0.3, -0.25) is 0 Å². The molecule has 0 spiro atoms. The molecule has 4 heterocycles. The lowest BCUT2D eigenvalue weighted by atomic mass is 10.1. The van der Waals surface area contributed by atoms with Crippen molar-refractivity contribution < 1.29 is 0 Å². The van der Waals surface area contributed by atoms with Crippen LogP contribution in [0.15, 0.2) is 170 Å². The quantitative estimate of drug-likeness (QED) is 0.172. The molecule has 0 N–H and O–H groups in total. The zero-order valence-electron chi connectivity index (χ0n) is 29.5. The molecular weight excluding hydrogens is 661 g/mol. The highest BCUT2D eigenvalue weighted by Gasteiger charge is 2.41. The lowest BCUT2D eigenvalue weighted by Crippen LogP contribution is -2.50. The van der Waals surface area contributed by atoms with Crippen LogP contribution in [0.25, 0.3) is 88.9 Å². The van der Waals surface area contributed by atoms with Gasteiger partial charge in [-0.15, -0.1) is 0 Å². The van der Waals surface area contributed by atoms with Gasteiger partial charge in [-0.25, -0.2) is 9.97 Å². The molecule has 0 atom stereocenters. The minimum absolute atomic E-state index is 0.758. The average molecular weight is 695 g/mol. The minimum atomic E-state index is -2.01. The predicted octanol–water partition coefficient (Wildman–Crippen LogP) is 10.8. The summed E-state index contributed by atoms with van der Waals surface area (Å²) < 4.78 is 4.80. The van der Waals surface area contributed by atoms with Crippen molar-refractivity contribution in [3.8, 4) is 45.3 Å². The van der Waals surface area contributed by atoms with E-state index in [1.54, 1.807) is 0 Å². The molecule has 0 saturated heterocycles. The molecule has 1 aliphatic heterocycles. The van der Waals surface area contributed by atoms with E-state index in [0.717, 1.165) is 39.7 Å². The highest BCUT2D eigenvalue weighted by molar-refractivity contribution is 7.04. The molecule has 0 fully saturated rings. The van der Waals surface area contributed by atoms with Crippen molar-refractivity contribution in [2.45, 2.75) is 13.1 Å². The van der Waals surface area contributed by atoms with Crippen molar-refractivity contribution in [2.75, 3.05) is 0 Å². The highest BCUT2D eigenvalue weighted by Crippen LogP contribution is 2.40. The van der Waals surface area contributed by atoms with E-state index in [1.807, 2.05) is 0 Å². The summed E-state index contributed by atoms with van der Waals surface area (Å²) in [5.74, 6) is 0.758. The number of aromatic nitrogens is 4. The lowest BCUT2D eigenvalue weighted by Gasteiger charge is -2.21. The fraction of sp³-hybridized carbons (Fsp3) is 0.0417. The van der Waals surface area contributed by atoms with E-state index in [9.17, 15) is 0 Å². The molecule has 0 bridgehead atoms. The fourth-order valence-electron chi connectivity index (χ4n) is 8.87. The first-order chi connectivity index (χ1) is 26.1. The Bertz CT molecular complexity index is 3070. The summed E-state index contributed by atoms with van der Waals surface area (Å²) >= 11 is 0. The molecule has 10 aromatic rings. The van der Waals surface area contributed by atoms with Gasteiger partial charge in [0.15, 0.2) is 5.82 Å². The number of hydrogen-bond acceptors (Lipinski definition) is 2. The topological polar surface area (TPSA) is 35.6 Å². The van der Waals surface area contributed by atoms with Crippen molar-refractivity contribution in [1.29, 1.82) is 0 Å². The van der Waals surface area contributed by atoms with E-state index in [4.69, 9.17) is 9.97 Å². The van der Waals surface area contributed by atoms with Crippen molar-refractivity contribution in [3.05, 3.63) is 170 Å². The van der Waals surface area contributed by atoms with E-state index < -0.39 is 8.07 Å². The van der Waals surface area contributed by atoms with Crippen LogP contribution in [0.1, 0.15) is 0 Å². The Morgan fingerprint density at radius 2 is 0.925 bits per heavy atom. The van der Waals surface area contributed by atoms with E-state index in [-0.39, 0.29) is 0 Å². The third-order valence-electron chi connectivity index (χ3n) is 11.3. The third kappa shape index (κ3) is 4.35. The van der Waals surface area contributed by atoms with E-state index in [2.05, 4.69) is 192 Å². The van der Waals surface area contributed by atoms with Gasteiger partial charge in [0.1, 0.15) is 8.07 Å². The van der Waals surface area contributed by atoms with Crippen molar-refractivity contribution in [1.82, 2.24) is 19.1 Å². The van der Waals surface area contributed by atoms with Crippen LogP contribution in [0.5, 0.6) is 0 Å². The molecule has 3 aromatic heterocycles. The van der Waals surface area contributed by atoms with Gasteiger partial charge in [-0.05, 0) is 76.6 Å². The third-order valence-corrected chi connectivity index (χ3v) is 14.8. The van der Waals surface area contributed by atoms with Gasteiger partial charge in [0.25, 0.3) is 0 Å². The summed E-state index contributed by atoms with van der Waals surface area (Å²) in [4.78, 5) is 10.7. The summed E-state index contributed by atoms with van der Waals surface area (Å²) in [6.07, 6.45) is 0. The number of benzene rings is 7. The number of para-hydroxylation sites is 3. The molecule has 0 unspecified atom stereocenters. The number of hydrogen-bond donors (Lipinski definition) is 0. The maximum atomic E-state index is 5.36. The Morgan fingerprint density at radius 1 is 0.415 bits per heavy atom. The largest absolute Gasteiger partial charge is 0.309 e. The number of nitrogens with zero attached hydrogens (tertiary/aromatic N) is 4. The first-order valence-corrected chi connectivity index (χ1v) is 21.3. The Balaban J connectivity index is 1.11. The van der Waals surface area contributed by atoms with Crippen LogP contribution in [-0.2, 0) is 0 Å². The van der Waals surface area contributed by atoms with Crippen LogP contribution < -0.4 is 10.4 Å². The van der Waals surface area contributed by atoms with Crippen molar-refractivity contribution in [2.24, 2.45) is 0 Å². The molecule has 53 heavy (non-hydrogen) atoms. The predicted molar refractivity (Wildman–Crippen MR) is 224 cm³/mol. The van der Waals surface area contributed by atoms with Crippen LogP contribution in [0, 0.1) is 0 Å². The lowest BCUT2D eigenvalue weighted by molar-refractivity contribution is 1.17. The fourth-order valence-corrected chi connectivity index (χ4v) is 12.1. The summed E-state index contributed by atoms with van der Waals surface area (Å²) in [6, 6.07) is 61.3. The van der Waals surface area contributed by atoms with Crippen LogP contribution >= 0.6 is 0 Å². The van der Waals surface area contributed by atoms with E-state index in [1.165, 1.54) is 59.5 Å². The summed E-state index contributed by atoms with van der Waals surface area (Å²) in [5, 5.41) is 7.72. The molecular formula is C48H34N4Si. The van der Waals surface area contributed by atoms with Gasteiger partial charge in [0, 0.05) is 44.0 Å². The second-order valence-electron chi connectivity index (χ2n) is 14.6. The minimum Gasteiger partial charge on any atom is -0.309 e. The van der Waals surface area contributed by atoms with Gasteiger partial charge in [0.05, 0.1) is 33.5 Å². The standard InChI is InChI=1S/C48H34N4Si/c1-53(2)44-24-14-11-21-37(44)46-47(53)45(31-15-5-3-6-16-31)49-48(50-46)32-25-27-34(28-26-32)52-41-23-13-10-20-36(41)39-29-42-38(30-43(39)52)35-19-9-12-22-40(35)51(42)33-17-7-4-8-18-33/h3-30H,1-2H3. The molecule has 11 rings (SSSR count). The molecule has 0 aliphatic carbocycles. The van der Waals surface area contributed by atoms with Gasteiger partial charge in [-0.1, -0.05) is 122 Å². The molecule has 0 saturated carbocycles. The molecule has 5 heteroatoms. The zero-order chi connectivity index (χ0) is 35.3. The molecule has 0 radical (unpaired) electrons. The highest BCUT2D eigenvalue weighted by atomic mass is 28.3. The molecule has 250 valence electrons. The summed E-state index contributed by atoms with van der Waals surface area (Å²) in [6.45, 7) is 4.86. The molecule has 7 aromatic carbocycles. The van der Waals surface area contributed by atoms with Gasteiger partial charge in [0.2, 0.25) is 0 Å². The summed E-state index contributed by atoms with van der Waals surface area (Å²) in [5.41, 5.74) is 12.6. The monoisotopic (exact) mass is 694 g/mol. The first-order valence-electron chi connectivity index (χ1n) is 18.3. The molecule has 4 nitrogen and oxygen atoms in total. The SMILES string of the molecule is C[Si]1(C)c2ccccc2-c2nc(-c3ccc(-n4c5ccccc5c5cc6c(cc54)c4ccccc4n6-c4ccccc4)cc3)nc(-c3ccccc3)c21. The van der Waals surface area contributed by atoms with Gasteiger partial charge in [-0.2, -0.15) is 0 Å². The second-order valence-corrected chi connectivity index (χ2v) is 18.9. The Kier molecular flexibility index (Phi) is 6.37. The first kappa shape index (κ1) is 30.1. The van der Waals surface area contributed by atoms with Crippen LogP contribution in [0.2, 0.25) is 13.1 Å². The Morgan fingerprint density at radius 3 is 1.57 bits per heavy atom. The van der Waals surface area contributed by atoms with E-state index in [0.29, 0.717) is 0 Å². The Labute approximate surface area is 308 Å². The number of fused-ring (bicyclic) bond motifs is 9. The van der Waals surface area contributed by atoms with Gasteiger partial charge < -0.3 is 9.13 Å². The Hall–Kier alpha value is -6.56. The molecule has 1 aliphatic rings. The van der Waals surface area contributed by atoms with Crippen molar-refractivity contribution in [3.63, 3.8) is 0 Å². The number of rotatable bonds is 4. The second kappa shape index (κ2) is 11.2. The smallest absolute Gasteiger partial charge is 0.160 e.